The Balaban J connectivity index is 0.000000180. The Morgan fingerprint density at radius 2 is 0.528 bits per heavy atom. The number of hydrogen-bond donors (Lipinski definition) is 6. The highest BCUT2D eigenvalue weighted by Gasteiger charge is 2.41. The highest BCUT2D eigenvalue weighted by atomic mass is 16.2. The molecule has 6 N–H and O–H groups in total. The van der Waals surface area contributed by atoms with Crippen molar-refractivity contribution < 1.29 is 85.0 Å². The van der Waals surface area contributed by atoms with Crippen LogP contribution in [0, 0.1) is 116 Å². The van der Waals surface area contributed by atoms with Crippen molar-refractivity contribution in [2.24, 2.45) is 35.4 Å². The van der Waals surface area contributed by atoms with E-state index in [1.54, 1.807) is 70.3 Å². The van der Waals surface area contributed by atoms with E-state index in [2.05, 4.69) is 119 Å². The maximum Gasteiger partial charge on any atom is 0.302 e. The normalized spacial score (nSPS) is 28.4. The van der Waals surface area contributed by atoms with Crippen LogP contribution in [0.5, 0.6) is 0 Å². The lowest BCUT2D eigenvalue weighted by Crippen LogP contribution is -2.53. The number of anilines is 6. The first-order chi connectivity index (χ1) is 85.5. The van der Waals surface area contributed by atoms with Gasteiger partial charge in [0, 0.05) is 200 Å². The van der Waals surface area contributed by atoms with Gasteiger partial charge in [-0.05, 0) is 152 Å². The van der Waals surface area contributed by atoms with Gasteiger partial charge in [-0.2, -0.15) is 0 Å². The minimum absolute atomic E-state index is 0.0149. The summed E-state index contributed by atoms with van der Waals surface area (Å²) in [6, 6.07) is -8.94. The molecule has 6 aliphatic heterocycles. The van der Waals surface area contributed by atoms with Gasteiger partial charge in [-0.3, -0.25) is 28.8 Å². The highest BCUT2D eigenvalue weighted by Crippen LogP contribution is 2.38. The Kier molecular flexibility index (Phi) is 20.9. The van der Waals surface area contributed by atoms with E-state index in [0.717, 1.165) is 44.9 Å². The first kappa shape index (κ1) is 63.2. The highest BCUT2D eigenvalue weighted by molar-refractivity contribution is 5.94. The second kappa shape index (κ2) is 47.7. The molecular formula is C102H132N36O6. The summed E-state index contributed by atoms with van der Waals surface area (Å²) in [5.74, 6) is -13.2. The summed E-state index contributed by atoms with van der Waals surface area (Å²) in [6.07, 6.45) is 6.31. The zero-order chi connectivity index (χ0) is 138. The fraction of sp³-hybridized carbons (Fsp3) is 0.529. The molecule has 12 aromatic heterocycles. The molecule has 18 rings (SSSR count). The van der Waals surface area contributed by atoms with Crippen molar-refractivity contribution in [3.8, 4) is 0 Å². The van der Waals surface area contributed by atoms with Gasteiger partial charge in [0.15, 0.2) is 0 Å². The lowest BCUT2D eigenvalue weighted by Gasteiger charge is -2.41. The van der Waals surface area contributed by atoms with Crippen LogP contribution in [0.15, 0.2) is 74.2 Å². The Labute approximate surface area is 897 Å². The van der Waals surface area contributed by atoms with Crippen molar-refractivity contribution in [1.82, 2.24) is 119 Å². The smallest absolute Gasteiger partial charge is 0.302 e. The molecule has 0 aliphatic carbocycles. The number of aryl methyl sites for hydroxylation is 6. The van der Waals surface area contributed by atoms with Crippen molar-refractivity contribution in [2.75, 3.05) is 189 Å². The number of amides is 6. The first-order valence-electron chi connectivity index (χ1n) is 65.6. The number of rotatable bonds is 18. The van der Waals surface area contributed by atoms with Crippen molar-refractivity contribution >= 4 is 137 Å². The van der Waals surface area contributed by atoms with Crippen LogP contribution in [-0.2, 0) is 28.8 Å². The van der Waals surface area contributed by atoms with Crippen LogP contribution < -0.4 is 29.4 Å². The monoisotopic (exact) mass is 2000 g/mol. The van der Waals surface area contributed by atoms with Gasteiger partial charge in [-0.1, -0.05) is 41.1 Å². The van der Waals surface area contributed by atoms with E-state index >= 15 is 0 Å². The molecule has 18 heterocycles. The zero-order valence-electron chi connectivity index (χ0n) is 121. The fourth-order valence-corrected chi connectivity index (χ4v) is 17.1. The number of carbonyl (C=O) groups is 6. The Morgan fingerprint density at radius 3 is 0.812 bits per heavy atom. The average molecular weight is 2000 g/mol. The molecule has 0 aromatic carbocycles. The van der Waals surface area contributed by atoms with Crippen LogP contribution in [0.4, 0.5) is 34.9 Å². The van der Waals surface area contributed by atoms with Gasteiger partial charge < -0.3 is 118 Å². The van der Waals surface area contributed by atoms with E-state index in [0.29, 0.717) is 90.6 Å². The zero-order valence-corrected chi connectivity index (χ0v) is 79.8. The number of nitrogens with zero attached hydrogens (tertiary/aromatic N) is 30. The van der Waals surface area contributed by atoms with Crippen molar-refractivity contribution in [2.45, 2.75) is 157 Å². The molecule has 42 nitrogen and oxygen atoms in total. The van der Waals surface area contributed by atoms with Crippen LogP contribution in [0.25, 0.3) is 95.3 Å². The summed E-state index contributed by atoms with van der Waals surface area (Å²) in [5.41, 5.74) is 4.60. The molecule has 12 aromatic rings. The van der Waals surface area contributed by atoms with Crippen molar-refractivity contribution in [3.63, 3.8) is 0 Å². The number of aromatic amines is 6. The molecule has 0 radical (unpaired) electrons. The summed E-state index contributed by atoms with van der Waals surface area (Å²) in [4.78, 5) is 173. The van der Waals surface area contributed by atoms with Gasteiger partial charge >= 0.3 is 35.4 Å². The minimum atomic E-state index is -3.18. The van der Waals surface area contributed by atoms with Gasteiger partial charge in [0.2, 0.25) is 0 Å². The number of carbonyl (C=O) groups excluding carboxylic acids is 6. The summed E-state index contributed by atoms with van der Waals surface area (Å²) in [5, 5.41) is 1.21. The molecule has 6 aliphatic rings. The largest absolute Gasteiger partial charge is 0.354 e. The third-order valence-corrected chi connectivity index (χ3v) is 24.6. The number of likely N-dealkylation sites (tertiary alicyclic amines) is 6. The van der Waals surface area contributed by atoms with Crippen molar-refractivity contribution in [3.05, 3.63) is 177 Å². The molecule has 6 fully saturated rings. The van der Waals surface area contributed by atoms with Gasteiger partial charge in [0.1, 0.15) is 107 Å². The Morgan fingerprint density at radius 1 is 0.306 bits per heavy atom. The fourth-order valence-electron chi connectivity index (χ4n) is 17.1. The van der Waals surface area contributed by atoms with Gasteiger partial charge in [-0.25, -0.2) is 99.2 Å². The van der Waals surface area contributed by atoms with E-state index in [-0.39, 0.29) is 195 Å². The lowest BCUT2D eigenvalue weighted by atomic mass is 9.92. The molecule has 756 valence electrons. The third-order valence-electron chi connectivity index (χ3n) is 24.6. The molecule has 42 heteroatoms. The van der Waals surface area contributed by atoms with Crippen LogP contribution in [-0.4, -0.2) is 351 Å². The molecule has 6 saturated heterocycles. The second-order valence-electron chi connectivity index (χ2n) is 34.3. The van der Waals surface area contributed by atoms with Crippen LogP contribution in [0.1, 0.15) is 170 Å². The summed E-state index contributed by atoms with van der Waals surface area (Å²) in [6.45, 7) is 19.5. The maximum absolute atomic E-state index is 12.4. The lowest BCUT2D eigenvalue weighted by molar-refractivity contribution is -0.131. The van der Waals surface area contributed by atoms with Crippen LogP contribution in [0.2, 0.25) is 0 Å². The van der Waals surface area contributed by atoms with E-state index in [4.69, 9.17) is 92.9 Å². The Hall–Kier alpha value is -15.7. The molecule has 0 spiro atoms. The number of hydrogen-bond acceptors (Lipinski definition) is 24. The summed E-state index contributed by atoms with van der Waals surface area (Å²) >= 11 is 0. The van der Waals surface area contributed by atoms with E-state index in [1.165, 1.54) is 27.4 Å². The third kappa shape index (κ3) is 24.5. The summed E-state index contributed by atoms with van der Waals surface area (Å²) < 4.78 is 336. The van der Waals surface area contributed by atoms with Crippen LogP contribution in [0.3, 0.4) is 0 Å². The number of H-pyrrole nitrogens is 6. The average Bonchev–Trinajstić information content (AvgIpc) is 1.54. The van der Waals surface area contributed by atoms with Gasteiger partial charge in [0.05, 0.1) is 79.5 Å². The SMILES string of the molecule is [2H]c1c(C)[nH]c2ncnc(N(C([2H])([2H])[2H])[C@@]3([2H])CN(C(=O)C[N+]#[C-])CC[C@@]3([2H])C([2H])([2H])[2H])c12.[2H]c1c(C)[nH]c2ncnc(N(C([2H])([2H])[2H])[C@@]3([2H])CN(C(=O)C[N+]#[C-])CC[C@H]3C([2H])([2H])[2H])c12.[2H]c1c(C)[nH]c2ncnc(N(C)[C@H]3CN(C(=O)C[N+]#[C-])CC[C@@]3([2H])C([2H])([2H])[2H])c12.[2H]c1c(C)[nH]c2ncnc(N(C)[C@H]3CN(C(=O)C[N+]#[C-])CC[C@H]3C([2H])([2H])[2H])c12.[2H]c1c(C)[nH]c2ncnc(N([C@H]3CN(C(=O)C[N+]#[C-])CC[C@@]3([2H])C([2H])([2H])[2H])C([2H])([2H])[2H])c12.[2H]c1c(C)[nH]c2ncnc(N([C@H]3CN(C(=O)C[N+]#[C-])CC[C@H]3C([2H])([2H])[2H])C([2H])([2H])[2H])c12. The summed E-state index contributed by atoms with van der Waals surface area (Å²) in [7, 11) is 3.35. The molecule has 0 saturated carbocycles. The number of nitrogens with one attached hydrogen (secondary N) is 6. The van der Waals surface area contributed by atoms with Crippen molar-refractivity contribution in [1.29, 1.82) is 0 Å². The quantitative estimate of drug-likeness (QED) is 0.0435. The first-order valence-corrected chi connectivity index (χ1v) is 45.1. The molecule has 12 atom stereocenters. The number of aromatic nitrogens is 18. The molecular weight excluding hydrogens is 1830 g/mol. The molecule has 0 bridgehead atoms. The topological polar surface area (TPSA) is 417 Å². The van der Waals surface area contributed by atoms with E-state index < -0.39 is 228 Å². The Bertz CT molecular complexity index is 8770. The maximum atomic E-state index is 12.4. The van der Waals surface area contributed by atoms with Crippen LogP contribution >= 0.6 is 0 Å². The van der Waals surface area contributed by atoms with Gasteiger partial charge in [0.25, 0.3) is 39.3 Å². The number of fused-ring (bicyclic) bond motifs is 6. The predicted molar refractivity (Wildman–Crippen MR) is 556 cm³/mol. The van der Waals surface area contributed by atoms with E-state index in [9.17, 15) is 31.5 Å². The molecule has 6 amide bonds. The van der Waals surface area contributed by atoms with E-state index in [1.807, 2.05) is 0 Å². The number of piperidine rings is 6. The molecule has 144 heavy (non-hydrogen) atoms. The standard InChI is InChI=1S/6C17H22N6O/c6*1-11-5-6-23(15(24)8-18-3)9-14(11)22(4)17-13-7-12(2)21-16(13)19-10-20-17/h6*7,10-11,14H,5-6,8-9H2,1-2,4H3,(H,19,20,21)/t6*11-,14+/m111111/s1/i1D3,4D3,7D,11D,14D;1D3,4D3,7D,14D;1D3,4D3,7D,11D;1D3,7D,11D;1D3,4D3,7D;1D3,7D. The number of likely N-dealkylation sites (N-methyl/N-ethyl adjacent to an activating group) is 6. The van der Waals surface area contributed by atoms with Gasteiger partial charge in [-0.15, -0.1) is 0 Å². The minimum Gasteiger partial charge on any atom is -0.354 e. The second-order valence-corrected chi connectivity index (χ2v) is 34.3. The predicted octanol–water partition coefficient (Wildman–Crippen LogP) is 11.2. The molecule has 0 unspecified atom stereocenters.